The maximum Gasteiger partial charge on any atom is 0.189 e. The summed E-state index contributed by atoms with van der Waals surface area (Å²) in [6.45, 7) is 0. The largest absolute Gasteiger partial charge is 0.409 e. The zero-order chi connectivity index (χ0) is 12.1. The minimum atomic E-state index is -0.0258. The molecule has 0 bridgehead atoms. The second kappa shape index (κ2) is 5.26. The first-order chi connectivity index (χ1) is 8.31. The third kappa shape index (κ3) is 2.70. The van der Waals surface area contributed by atoms with E-state index in [1.54, 1.807) is 24.5 Å². The standard InChI is InChI=1S/C10H9N5OS/c11-10(15-16)9-7(2-1-4-13-9)17-8-3-5-12-6-14-8/h1-6,16H,(H2,11,15). The predicted molar refractivity (Wildman–Crippen MR) is 62.9 cm³/mol. The van der Waals surface area contributed by atoms with Crippen LogP contribution in [0.3, 0.4) is 0 Å². The van der Waals surface area contributed by atoms with Crippen molar-refractivity contribution in [1.82, 2.24) is 15.0 Å². The van der Waals surface area contributed by atoms with Crippen LogP contribution in [0.25, 0.3) is 0 Å². The number of hydrogen-bond donors (Lipinski definition) is 2. The molecule has 0 atom stereocenters. The van der Waals surface area contributed by atoms with Gasteiger partial charge in [0.05, 0.1) is 0 Å². The lowest BCUT2D eigenvalue weighted by Crippen LogP contribution is -2.16. The molecule has 2 heterocycles. The highest BCUT2D eigenvalue weighted by molar-refractivity contribution is 7.99. The highest BCUT2D eigenvalue weighted by Gasteiger charge is 2.09. The number of nitrogens with two attached hydrogens (primary N) is 1. The van der Waals surface area contributed by atoms with Crippen molar-refractivity contribution in [1.29, 1.82) is 0 Å². The summed E-state index contributed by atoms with van der Waals surface area (Å²) in [6.07, 6.45) is 4.69. The van der Waals surface area contributed by atoms with Crippen molar-refractivity contribution in [3.8, 4) is 0 Å². The molecule has 2 rings (SSSR count). The van der Waals surface area contributed by atoms with E-state index < -0.39 is 0 Å². The summed E-state index contributed by atoms with van der Waals surface area (Å²) in [4.78, 5) is 12.7. The number of nitrogens with zero attached hydrogens (tertiary/aromatic N) is 4. The summed E-state index contributed by atoms with van der Waals surface area (Å²) in [5.74, 6) is -0.0258. The van der Waals surface area contributed by atoms with E-state index in [0.717, 1.165) is 9.92 Å². The van der Waals surface area contributed by atoms with Gasteiger partial charge in [0.2, 0.25) is 0 Å². The molecule has 17 heavy (non-hydrogen) atoms. The van der Waals surface area contributed by atoms with E-state index in [4.69, 9.17) is 10.9 Å². The summed E-state index contributed by atoms with van der Waals surface area (Å²) in [7, 11) is 0. The molecule has 0 spiro atoms. The van der Waals surface area contributed by atoms with Gasteiger partial charge >= 0.3 is 0 Å². The summed E-state index contributed by atoms with van der Waals surface area (Å²) in [5.41, 5.74) is 5.97. The summed E-state index contributed by atoms with van der Waals surface area (Å²) < 4.78 is 0. The third-order valence-electron chi connectivity index (χ3n) is 1.89. The number of aromatic nitrogens is 3. The van der Waals surface area contributed by atoms with Crippen molar-refractivity contribution in [2.45, 2.75) is 9.92 Å². The SMILES string of the molecule is N/C(=N/O)c1ncccc1Sc1ccncn1. The van der Waals surface area contributed by atoms with Crippen molar-refractivity contribution < 1.29 is 5.21 Å². The minimum Gasteiger partial charge on any atom is -0.409 e. The molecule has 2 aromatic heterocycles. The van der Waals surface area contributed by atoms with Gasteiger partial charge in [0.15, 0.2) is 5.84 Å². The molecule has 0 fully saturated rings. The van der Waals surface area contributed by atoms with Crippen LogP contribution < -0.4 is 5.73 Å². The van der Waals surface area contributed by atoms with Crippen LogP contribution in [-0.2, 0) is 0 Å². The summed E-state index contributed by atoms with van der Waals surface area (Å²) in [5, 5.41) is 12.4. The van der Waals surface area contributed by atoms with E-state index in [9.17, 15) is 0 Å². The molecule has 7 heteroatoms. The fourth-order valence-electron chi connectivity index (χ4n) is 1.16. The lowest BCUT2D eigenvalue weighted by Gasteiger charge is -2.05. The van der Waals surface area contributed by atoms with Crippen molar-refractivity contribution in [3.05, 3.63) is 42.6 Å². The Kier molecular flexibility index (Phi) is 3.51. The van der Waals surface area contributed by atoms with Crippen LogP contribution in [0.1, 0.15) is 5.69 Å². The van der Waals surface area contributed by atoms with Crippen LogP contribution in [-0.4, -0.2) is 26.0 Å². The van der Waals surface area contributed by atoms with Gasteiger partial charge in [-0.1, -0.05) is 16.9 Å². The van der Waals surface area contributed by atoms with Crippen molar-refractivity contribution in [2.24, 2.45) is 10.9 Å². The topological polar surface area (TPSA) is 97.3 Å². The van der Waals surface area contributed by atoms with E-state index in [2.05, 4.69) is 20.1 Å². The number of amidine groups is 1. The van der Waals surface area contributed by atoms with Crippen LogP contribution in [0.15, 0.2) is 52.0 Å². The van der Waals surface area contributed by atoms with E-state index >= 15 is 0 Å². The zero-order valence-corrected chi connectivity index (χ0v) is 9.50. The number of oxime groups is 1. The van der Waals surface area contributed by atoms with Gasteiger partial charge in [-0.3, -0.25) is 4.98 Å². The predicted octanol–water partition coefficient (Wildman–Crippen LogP) is 1.12. The van der Waals surface area contributed by atoms with E-state index in [1.165, 1.54) is 18.1 Å². The van der Waals surface area contributed by atoms with Crippen LogP contribution in [0, 0.1) is 0 Å². The zero-order valence-electron chi connectivity index (χ0n) is 8.69. The Hall–Kier alpha value is -2.15. The first kappa shape index (κ1) is 11.3. The van der Waals surface area contributed by atoms with Gasteiger partial charge in [0, 0.05) is 17.3 Å². The Morgan fingerprint density at radius 2 is 2.18 bits per heavy atom. The molecule has 2 aromatic rings. The summed E-state index contributed by atoms with van der Waals surface area (Å²) >= 11 is 1.37. The second-order valence-corrected chi connectivity index (χ2v) is 4.05. The minimum absolute atomic E-state index is 0.0258. The van der Waals surface area contributed by atoms with E-state index in [-0.39, 0.29) is 5.84 Å². The van der Waals surface area contributed by atoms with Gasteiger partial charge in [0.1, 0.15) is 17.0 Å². The van der Waals surface area contributed by atoms with Crippen molar-refractivity contribution in [2.75, 3.05) is 0 Å². The average molecular weight is 247 g/mol. The van der Waals surface area contributed by atoms with Crippen LogP contribution >= 0.6 is 11.8 Å². The molecule has 3 N–H and O–H groups in total. The van der Waals surface area contributed by atoms with Gasteiger partial charge in [-0.25, -0.2) is 9.97 Å². The van der Waals surface area contributed by atoms with Crippen molar-refractivity contribution >= 4 is 17.6 Å². The highest BCUT2D eigenvalue weighted by atomic mass is 32.2. The Morgan fingerprint density at radius 3 is 2.88 bits per heavy atom. The van der Waals surface area contributed by atoms with Crippen LogP contribution in [0.2, 0.25) is 0 Å². The molecule has 0 aromatic carbocycles. The monoisotopic (exact) mass is 247 g/mol. The normalized spacial score (nSPS) is 11.4. The van der Waals surface area contributed by atoms with Gasteiger partial charge in [-0.05, 0) is 18.2 Å². The Labute approximate surface area is 102 Å². The molecular formula is C10H9N5OS. The maximum absolute atomic E-state index is 8.67. The van der Waals surface area contributed by atoms with Gasteiger partial charge in [-0.2, -0.15) is 0 Å². The molecule has 0 radical (unpaired) electrons. The van der Waals surface area contributed by atoms with E-state index in [1.807, 2.05) is 6.07 Å². The molecule has 0 aliphatic rings. The number of rotatable bonds is 3. The highest BCUT2D eigenvalue weighted by Crippen LogP contribution is 2.27. The molecular weight excluding hydrogens is 238 g/mol. The quantitative estimate of drug-likeness (QED) is 0.277. The molecule has 6 nitrogen and oxygen atoms in total. The average Bonchev–Trinajstić information content (AvgIpc) is 2.40. The molecule has 86 valence electrons. The molecule has 0 saturated carbocycles. The van der Waals surface area contributed by atoms with E-state index in [0.29, 0.717) is 5.69 Å². The third-order valence-corrected chi connectivity index (χ3v) is 2.89. The summed E-state index contributed by atoms with van der Waals surface area (Å²) in [6, 6.07) is 5.37. The number of pyridine rings is 1. The first-order valence-corrected chi connectivity index (χ1v) is 5.49. The van der Waals surface area contributed by atoms with Crippen LogP contribution in [0.4, 0.5) is 0 Å². The molecule has 0 aliphatic heterocycles. The maximum atomic E-state index is 8.67. The fraction of sp³-hybridized carbons (Fsp3) is 0. The second-order valence-electron chi connectivity index (χ2n) is 2.99. The molecule has 0 unspecified atom stereocenters. The lowest BCUT2D eigenvalue weighted by atomic mass is 10.3. The Balaban J connectivity index is 2.33. The Morgan fingerprint density at radius 1 is 1.29 bits per heavy atom. The fourth-order valence-corrected chi connectivity index (χ4v) is 2.02. The van der Waals surface area contributed by atoms with Gasteiger partial charge in [-0.15, -0.1) is 0 Å². The molecule has 0 saturated heterocycles. The molecule has 0 aliphatic carbocycles. The van der Waals surface area contributed by atoms with Crippen molar-refractivity contribution in [3.63, 3.8) is 0 Å². The Bertz CT molecular complexity index is 531. The van der Waals surface area contributed by atoms with Gasteiger partial charge in [0.25, 0.3) is 0 Å². The molecule has 0 amide bonds. The smallest absolute Gasteiger partial charge is 0.189 e. The lowest BCUT2D eigenvalue weighted by molar-refractivity contribution is 0.318. The number of hydrogen-bond acceptors (Lipinski definition) is 6. The first-order valence-electron chi connectivity index (χ1n) is 4.68. The van der Waals surface area contributed by atoms with Crippen LogP contribution in [0.5, 0.6) is 0 Å². The van der Waals surface area contributed by atoms with Gasteiger partial charge < -0.3 is 10.9 Å².